The van der Waals surface area contributed by atoms with Crippen LogP contribution < -0.4 is 5.32 Å². The van der Waals surface area contributed by atoms with Gasteiger partial charge in [0, 0.05) is 12.8 Å². The predicted octanol–water partition coefficient (Wildman–Crippen LogP) is -5.20. The molecule has 3 fully saturated rings. The fourth-order valence-electron chi connectivity index (χ4n) is 1.81. The van der Waals surface area contributed by atoms with Gasteiger partial charge in [0.05, 0.1) is 13.1 Å². The minimum Gasteiger partial charge on any atom is -0.539 e. The second-order valence-electron chi connectivity index (χ2n) is 4.20. The van der Waals surface area contributed by atoms with Crippen molar-refractivity contribution in [2.24, 2.45) is 0 Å². The molecule has 0 unspecified atom stereocenters. The van der Waals surface area contributed by atoms with Crippen molar-refractivity contribution in [2.45, 2.75) is 12.8 Å². The lowest BCUT2D eigenvalue weighted by Gasteiger charge is -2.49. The van der Waals surface area contributed by atoms with Gasteiger partial charge in [0.15, 0.2) is 0 Å². The molecule has 0 aliphatic carbocycles. The maximum Gasteiger partial charge on any atom is 0.582 e. The summed E-state index contributed by atoms with van der Waals surface area (Å²) in [6, 6.07) is 0. The molecular formula is C4H14B5NO10. The molecule has 3 saturated heterocycles. The molecule has 11 nitrogen and oxygen atoms in total. The molecule has 0 aromatic heterocycles. The zero-order valence-corrected chi connectivity index (χ0v) is 10.5. The normalized spacial score (nSPS) is 25.8. The third kappa shape index (κ3) is 4.71. The summed E-state index contributed by atoms with van der Waals surface area (Å²) in [6.07, 6.45) is 2.89. The Hall–Kier alpha value is -0.115. The predicted molar refractivity (Wildman–Crippen MR) is 65.0 cm³/mol. The van der Waals surface area contributed by atoms with Crippen LogP contribution in [-0.4, -0.2) is 69.4 Å². The highest BCUT2D eigenvalue weighted by atomic mass is 17.0. The zero-order chi connectivity index (χ0) is 14.6. The van der Waals surface area contributed by atoms with Gasteiger partial charge in [0.2, 0.25) is 0 Å². The second kappa shape index (κ2) is 7.24. The summed E-state index contributed by atoms with van der Waals surface area (Å²) < 4.78 is 26.4. The van der Waals surface area contributed by atoms with Crippen molar-refractivity contribution in [3.63, 3.8) is 0 Å². The molecule has 0 aromatic carbocycles. The first-order valence-corrected chi connectivity index (χ1v) is 6.18. The Morgan fingerprint density at radius 1 is 0.700 bits per heavy atom. The molecule has 3 heterocycles. The summed E-state index contributed by atoms with van der Waals surface area (Å²) in [5.74, 6) is 0. The summed E-state index contributed by atoms with van der Waals surface area (Å²) >= 11 is 0. The van der Waals surface area contributed by atoms with Crippen LogP contribution in [0.4, 0.5) is 0 Å². The molecule has 0 atom stereocenters. The monoisotopic (exact) mass is 291 g/mol. The van der Waals surface area contributed by atoms with Crippen molar-refractivity contribution < 1.29 is 52.8 Å². The van der Waals surface area contributed by atoms with Crippen molar-refractivity contribution in [1.82, 2.24) is 0 Å². The largest absolute Gasteiger partial charge is 0.582 e. The highest BCUT2D eigenvalue weighted by Crippen LogP contribution is 2.23. The third-order valence-electron chi connectivity index (χ3n) is 2.66. The molecule has 1 spiro atoms. The molecule has 110 valence electrons. The summed E-state index contributed by atoms with van der Waals surface area (Å²) in [5, 5.41) is 38.1. The van der Waals surface area contributed by atoms with Crippen molar-refractivity contribution in [3.05, 3.63) is 0 Å². The van der Waals surface area contributed by atoms with Crippen LogP contribution >= 0.6 is 0 Å². The van der Waals surface area contributed by atoms with Crippen LogP contribution in [0.25, 0.3) is 0 Å². The molecule has 0 aromatic rings. The lowest BCUT2D eigenvalue weighted by Crippen LogP contribution is -2.80. The molecule has 16 heteroatoms. The molecule has 0 saturated carbocycles. The summed E-state index contributed by atoms with van der Waals surface area (Å²) in [6.45, 7) is -0.461. The molecule has 6 N–H and O–H groups in total. The molecular weight excluding hydrogens is 276 g/mol. The first-order valence-electron chi connectivity index (χ1n) is 6.18. The second-order valence-corrected chi connectivity index (χ2v) is 4.20. The van der Waals surface area contributed by atoms with Gasteiger partial charge in [-0.25, -0.2) is 0 Å². The summed E-state index contributed by atoms with van der Waals surface area (Å²) in [4.78, 5) is 0. The number of rotatable bonds is 0. The highest BCUT2D eigenvalue weighted by Gasteiger charge is 2.53. The van der Waals surface area contributed by atoms with Crippen LogP contribution in [0.3, 0.4) is 0 Å². The zero-order valence-electron chi connectivity index (χ0n) is 10.5. The van der Waals surface area contributed by atoms with Crippen molar-refractivity contribution in [3.8, 4) is 0 Å². The fraction of sp³-hybridized carbons (Fsp3) is 1.00. The Labute approximate surface area is 116 Å². The quantitative estimate of drug-likeness (QED) is 0.273. The molecule has 0 bridgehead atoms. The fourth-order valence-corrected chi connectivity index (χ4v) is 1.81. The van der Waals surface area contributed by atoms with E-state index in [-0.39, 0.29) is 0 Å². The van der Waals surface area contributed by atoms with Gasteiger partial charge >= 0.3 is 36.2 Å². The van der Waals surface area contributed by atoms with Crippen LogP contribution in [0.2, 0.25) is 0 Å². The van der Waals surface area contributed by atoms with Crippen molar-refractivity contribution in [1.29, 1.82) is 0 Å². The third-order valence-corrected chi connectivity index (χ3v) is 2.66. The smallest absolute Gasteiger partial charge is 0.539 e. The van der Waals surface area contributed by atoms with Gasteiger partial charge in [-0.05, 0) is 0 Å². The lowest BCUT2D eigenvalue weighted by atomic mass is 9.84. The van der Waals surface area contributed by atoms with Gasteiger partial charge in [0.25, 0.3) is 0 Å². The van der Waals surface area contributed by atoms with E-state index in [0.29, 0.717) is 0 Å². The van der Waals surface area contributed by atoms with E-state index in [4.69, 9.17) is 20.1 Å². The van der Waals surface area contributed by atoms with Crippen molar-refractivity contribution in [2.75, 3.05) is 13.1 Å². The minimum absolute atomic E-state index is 1.38. The Bertz CT molecular complexity index is 254. The number of hydrogen-bond donors (Lipinski definition) is 5. The average molecular weight is 290 g/mol. The Morgan fingerprint density at radius 2 is 1.05 bits per heavy atom. The summed E-state index contributed by atoms with van der Waals surface area (Å²) in [5.41, 5.74) is 0. The molecule has 3 aliphatic heterocycles. The van der Waals surface area contributed by atoms with Gasteiger partial charge in [-0.1, -0.05) is 0 Å². The SMILES string of the molecule is C1CC[NH2+]C1.OB1OB(O)O[B-]2(O1)OB(O)OB(O)O2. The molecule has 3 rings (SSSR count). The van der Waals surface area contributed by atoms with Crippen LogP contribution in [-0.2, 0) is 27.4 Å². The highest BCUT2D eigenvalue weighted by molar-refractivity contribution is 6.81. The Morgan fingerprint density at radius 3 is 1.30 bits per heavy atom. The van der Waals surface area contributed by atoms with Crippen LogP contribution in [0.15, 0.2) is 0 Å². The topological polar surface area (TPSA) is 153 Å². The van der Waals surface area contributed by atoms with E-state index in [2.05, 4.69) is 32.7 Å². The van der Waals surface area contributed by atoms with E-state index in [1.807, 2.05) is 0 Å². The maximum atomic E-state index is 8.94. The van der Waals surface area contributed by atoms with E-state index in [0.717, 1.165) is 0 Å². The van der Waals surface area contributed by atoms with E-state index >= 15 is 0 Å². The van der Waals surface area contributed by atoms with Gasteiger partial charge in [0.1, 0.15) is 0 Å². The maximum absolute atomic E-state index is 8.94. The number of nitrogens with two attached hydrogens (primary N) is 1. The van der Waals surface area contributed by atoms with Crippen LogP contribution in [0.1, 0.15) is 12.8 Å². The summed E-state index contributed by atoms with van der Waals surface area (Å²) in [7, 11) is -7.59. The molecule has 20 heavy (non-hydrogen) atoms. The van der Waals surface area contributed by atoms with E-state index in [1.54, 1.807) is 0 Å². The van der Waals surface area contributed by atoms with E-state index < -0.39 is 36.2 Å². The van der Waals surface area contributed by atoms with Gasteiger partial charge < -0.3 is 52.8 Å². The molecule has 3 aliphatic rings. The minimum atomic E-state index is -3.21. The van der Waals surface area contributed by atoms with Gasteiger partial charge in [-0.2, -0.15) is 0 Å². The first-order chi connectivity index (χ1) is 9.49. The van der Waals surface area contributed by atoms with Gasteiger partial charge in [-0.15, -0.1) is 0 Å². The lowest BCUT2D eigenvalue weighted by molar-refractivity contribution is -0.635. The van der Waals surface area contributed by atoms with Crippen LogP contribution in [0.5, 0.6) is 0 Å². The molecule has 0 radical (unpaired) electrons. The van der Waals surface area contributed by atoms with E-state index in [1.165, 1.54) is 25.9 Å². The van der Waals surface area contributed by atoms with Gasteiger partial charge in [-0.3, -0.25) is 0 Å². The Balaban J connectivity index is 0.000000247. The first kappa shape index (κ1) is 16.3. The van der Waals surface area contributed by atoms with Crippen molar-refractivity contribution >= 4 is 36.2 Å². The number of hydrogen-bond acceptors (Lipinski definition) is 10. The standard InChI is InChI=1S/C4H9N.B5H4O10/c1-2-4-5-3-1;6-1-10-2(7)13-5(12-1)14-3(8)11-4(9)15-5/h5H,1-4H2;6-9H/q;-1/p+1. The van der Waals surface area contributed by atoms with E-state index in [9.17, 15) is 0 Å². The average Bonchev–Trinajstić information content (AvgIpc) is 2.82. The van der Waals surface area contributed by atoms with Crippen LogP contribution in [0, 0.1) is 0 Å². The Kier molecular flexibility index (Phi) is 5.89. The molecule has 0 amide bonds. The number of quaternary nitrogens is 1.